The van der Waals surface area contributed by atoms with E-state index >= 15 is 0 Å². The van der Waals surface area contributed by atoms with Crippen molar-refractivity contribution in [3.05, 3.63) is 15.2 Å². The molecule has 3 heteroatoms. The molecule has 1 N–H and O–H groups in total. The summed E-state index contributed by atoms with van der Waals surface area (Å²) in [6.45, 7) is 0. The van der Waals surface area contributed by atoms with Gasteiger partial charge in [-0.15, -0.1) is 11.3 Å². The number of halogens is 1. The first-order valence-electron chi connectivity index (χ1n) is 1.71. The molecular weight excluding hydrogens is 176 g/mol. The Labute approximate surface area is 53.7 Å². The van der Waals surface area contributed by atoms with Crippen LogP contribution >= 0.6 is 27.3 Å². The molecule has 1 nitrogen and oxygen atoms in total. The minimum absolute atomic E-state index is 0.324. The highest BCUT2D eigenvalue weighted by Gasteiger charge is 1.92. The van der Waals surface area contributed by atoms with Crippen molar-refractivity contribution in [2.45, 2.75) is 0 Å². The molecule has 1 aromatic rings. The van der Waals surface area contributed by atoms with Gasteiger partial charge in [0.25, 0.3) is 0 Å². The van der Waals surface area contributed by atoms with Crippen LogP contribution < -0.4 is 0 Å². The summed E-state index contributed by atoms with van der Waals surface area (Å²) in [5, 5.41) is 12.2. The van der Waals surface area contributed by atoms with Crippen molar-refractivity contribution in [1.82, 2.24) is 0 Å². The molecule has 0 atom stereocenters. The standard InChI is InChI=1S/C4H3BrOS/c5-3-1-7-2-4(3)6/h1-2,6H. The third-order valence-electron chi connectivity index (χ3n) is 0.596. The summed E-state index contributed by atoms with van der Waals surface area (Å²) in [7, 11) is 0. The molecule has 0 unspecified atom stereocenters. The van der Waals surface area contributed by atoms with Gasteiger partial charge in [0.15, 0.2) is 0 Å². The molecule has 38 valence electrons. The van der Waals surface area contributed by atoms with Crippen LogP contribution in [-0.2, 0) is 0 Å². The molecule has 0 aliphatic rings. The highest BCUT2D eigenvalue weighted by atomic mass is 79.9. The normalized spacial score (nSPS) is 9.29. The lowest BCUT2D eigenvalue weighted by Crippen LogP contribution is -1.48. The minimum atomic E-state index is 0.324. The monoisotopic (exact) mass is 178 g/mol. The molecule has 7 heavy (non-hydrogen) atoms. The van der Waals surface area contributed by atoms with E-state index in [-0.39, 0.29) is 0 Å². The van der Waals surface area contributed by atoms with Crippen LogP contribution in [0.2, 0.25) is 0 Å². The molecule has 0 bridgehead atoms. The van der Waals surface area contributed by atoms with Crippen molar-refractivity contribution in [1.29, 1.82) is 0 Å². The zero-order valence-electron chi connectivity index (χ0n) is 3.39. The highest BCUT2D eigenvalue weighted by molar-refractivity contribution is 9.10. The largest absolute Gasteiger partial charge is 0.506 e. The van der Waals surface area contributed by atoms with Gasteiger partial charge in [-0.25, -0.2) is 0 Å². The first-order chi connectivity index (χ1) is 3.30. The van der Waals surface area contributed by atoms with Gasteiger partial charge >= 0.3 is 0 Å². The molecule has 0 aliphatic heterocycles. The fraction of sp³-hybridized carbons (Fsp3) is 0. The fourth-order valence-electron chi connectivity index (χ4n) is 0.275. The van der Waals surface area contributed by atoms with Gasteiger partial charge in [-0.2, -0.15) is 0 Å². The van der Waals surface area contributed by atoms with E-state index in [0.29, 0.717) is 5.75 Å². The van der Waals surface area contributed by atoms with Crippen LogP contribution in [-0.4, -0.2) is 5.11 Å². The second-order valence-corrected chi connectivity index (χ2v) is 2.70. The Balaban J connectivity index is 3.12. The maximum Gasteiger partial charge on any atom is 0.140 e. The highest BCUT2D eigenvalue weighted by Crippen LogP contribution is 2.26. The smallest absolute Gasteiger partial charge is 0.140 e. The molecule has 0 aliphatic carbocycles. The van der Waals surface area contributed by atoms with Gasteiger partial charge < -0.3 is 5.11 Å². The Morgan fingerprint density at radius 2 is 2.29 bits per heavy atom. The van der Waals surface area contributed by atoms with Gasteiger partial charge in [0.1, 0.15) is 5.75 Å². The van der Waals surface area contributed by atoms with Gasteiger partial charge in [0.05, 0.1) is 4.47 Å². The molecule has 0 spiro atoms. The Morgan fingerprint density at radius 3 is 2.43 bits per heavy atom. The lowest BCUT2D eigenvalue weighted by molar-refractivity contribution is 0.474. The Bertz CT molecular complexity index is 144. The SMILES string of the molecule is Oc1cscc1Br. The van der Waals surface area contributed by atoms with E-state index in [1.54, 1.807) is 5.38 Å². The molecular formula is C4H3BrOS. The van der Waals surface area contributed by atoms with E-state index in [4.69, 9.17) is 5.11 Å². The molecule has 1 aromatic heterocycles. The molecule has 0 fully saturated rings. The second-order valence-electron chi connectivity index (χ2n) is 1.10. The van der Waals surface area contributed by atoms with Crippen LogP contribution in [0.5, 0.6) is 5.75 Å². The first-order valence-corrected chi connectivity index (χ1v) is 3.45. The van der Waals surface area contributed by atoms with Gasteiger partial charge in [0, 0.05) is 10.8 Å². The summed E-state index contributed by atoms with van der Waals surface area (Å²) < 4.78 is 0.775. The lowest BCUT2D eigenvalue weighted by atomic mass is 10.6. The maximum absolute atomic E-state index is 8.72. The van der Waals surface area contributed by atoms with Crippen LogP contribution in [0.1, 0.15) is 0 Å². The second kappa shape index (κ2) is 1.84. The predicted octanol–water partition coefficient (Wildman–Crippen LogP) is 2.22. The van der Waals surface area contributed by atoms with Gasteiger partial charge in [-0.05, 0) is 15.9 Å². The maximum atomic E-state index is 8.72. The zero-order chi connectivity index (χ0) is 5.28. The number of rotatable bonds is 0. The van der Waals surface area contributed by atoms with E-state index in [1.165, 1.54) is 11.3 Å². The number of aromatic hydroxyl groups is 1. The summed E-state index contributed by atoms with van der Waals surface area (Å²) in [4.78, 5) is 0. The Kier molecular flexibility index (Phi) is 1.35. The molecule has 0 radical (unpaired) electrons. The summed E-state index contributed by atoms with van der Waals surface area (Å²) in [5.74, 6) is 0.324. The number of hydrogen-bond donors (Lipinski definition) is 1. The predicted molar refractivity (Wildman–Crippen MR) is 33.7 cm³/mol. The number of thiophene rings is 1. The quantitative estimate of drug-likeness (QED) is 0.647. The van der Waals surface area contributed by atoms with E-state index in [2.05, 4.69) is 15.9 Å². The van der Waals surface area contributed by atoms with Gasteiger partial charge in [-0.1, -0.05) is 0 Å². The Morgan fingerprint density at radius 1 is 1.57 bits per heavy atom. The molecule has 0 saturated carbocycles. The van der Waals surface area contributed by atoms with E-state index in [0.717, 1.165) is 4.47 Å². The lowest BCUT2D eigenvalue weighted by Gasteiger charge is -1.77. The molecule has 1 rings (SSSR count). The summed E-state index contributed by atoms with van der Waals surface area (Å²) in [5.41, 5.74) is 0. The van der Waals surface area contributed by atoms with E-state index in [9.17, 15) is 0 Å². The summed E-state index contributed by atoms with van der Waals surface area (Å²) >= 11 is 4.59. The molecule has 1 heterocycles. The molecule has 0 amide bonds. The third-order valence-corrected chi connectivity index (χ3v) is 2.27. The van der Waals surface area contributed by atoms with Crippen molar-refractivity contribution in [3.8, 4) is 5.75 Å². The average molecular weight is 179 g/mol. The van der Waals surface area contributed by atoms with E-state index < -0.39 is 0 Å². The van der Waals surface area contributed by atoms with Crippen molar-refractivity contribution < 1.29 is 5.11 Å². The average Bonchev–Trinajstić information content (AvgIpc) is 1.91. The number of hydrogen-bond acceptors (Lipinski definition) is 2. The first kappa shape index (κ1) is 5.12. The van der Waals surface area contributed by atoms with Crippen LogP contribution in [0, 0.1) is 0 Å². The van der Waals surface area contributed by atoms with Gasteiger partial charge in [-0.3, -0.25) is 0 Å². The zero-order valence-corrected chi connectivity index (χ0v) is 5.79. The topological polar surface area (TPSA) is 20.2 Å². The van der Waals surface area contributed by atoms with Crippen molar-refractivity contribution in [2.24, 2.45) is 0 Å². The molecule has 0 saturated heterocycles. The van der Waals surface area contributed by atoms with Crippen LogP contribution in [0.25, 0.3) is 0 Å². The van der Waals surface area contributed by atoms with Crippen molar-refractivity contribution in [2.75, 3.05) is 0 Å². The summed E-state index contributed by atoms with van der Waals surface area (Å²) in [6, 6.07) is 0. The van der Waals surface area contributed by atoms with Crippen molar-refractivity contribution in [3.63, 3.8) is 0 Å². The van der Waals surface area contributed by atoms with Crippen LogP contribution in [0.4, 0.5) is 0 Å². The summed E-state index contributed by atoms with van der Waals surface area (Å²) in [6.07, 6.45) is 0. The fourth-order valence-corrected chi connectivity index (χ4v) is 1.43. The van der Waals surface area contributed by atoms with E-state index in [1.807, 2.05) is 5.38 Å². The van der Waals surface area contributed by atoms with Crippen molar-refractivity contribution >= 4 is 27.3 Å². The minimum Gasteiger partial charge on any atom is -0.506 e. The molecule has 0 aromatic carbocycles. The third kappa shape index (κ3) is 0.951. The Hall–Kier alpha value is -0.0200. The van der Waals surface area contributed by atoms with Gasteiger partial charge in [0.2, 0.25) is 0 Å². The van der Waals surface area contributed by atoms with Crippen LogP contribution in [0.3, 0.4) is 0 Å². The van der Waals surface area contributed by atoms with Crippen LogP contribution in [0.15, 0.2) is 15.2 Å².